The van der Waals surface area contributed by atoms with Gasteiger partial charge in [0.1, 0.15) is 0 Å². The number of hydrogen-bond acceptors (Lipinski definition) is 4. The molecule has 10 heteroatoms. The lowest BCUT2D eigenvalue weighted by molar-refractivity contribution is -0.149. The van der Waals surface area contributed by atoms with E-state index in [0.29, 0.717) is 31.9 Å². The van der Waals surface area contributed by atoms with Crippen LogP contribution in [0.15, 0.2) is 48.5 Å². The normalized spacial score (nSPS) is 17.0. The average Bonchev–Trinajstić information content (AvgIpc) is 2.77. The number of alkyl halides is 3. The van der Waals surface area contributed by atoms with E-state index in [1.54, 1.807) is 17.0 Å². The van der Waals surface area contributed by atoms with Crippen LogP contribution in [-0.4, -0.2) is 67.5 Å². The van der Waals surface area contributed by atoms with E-state index < -0.39 is 17.6 Å². The molecule has 2 fully saturated rings. The molecule has 0 atom stereocenters. The third-order valence-corrected chi connectivity index (χ3v) is 5.90. The van der Waals surface area contributed by atoms with Gasteiger partial charge in [-0.25, -0.2) is 4.39 Å². The molecule has 2 heterocycles. The van der Waals surface area contributed by atoms with Crippen molar-refractivity contribution < 1.29 is 31.9 Å². The van der Waals surface area contributed by atoms with Crippen molar-refractivity contribution in [1.29, 1.82) is 0 Å². The second kappa shape index (κ2) is 9.29. The number of anilines is 1. The van der Waals surface area contributed by atoms with Crippen molar-refractivity contribution in [2.24, 2.45) is 5.92 Å². The number of benzene rings is 2. The van der Waals surface area contributed by atoms with Gasteiger partial charge in [0.25, 0.3) is 5.91 Å². The number of carbonyl (C=O) groups excluding carboxylic acids is 2. The van der Waals surface area contributed by atoms with Gasteiger partial charge in [0, 0.05) is 45.0 Å². The zero-order chi connectivity index (χ0) is 23.6. The Hall–Kier alpha value is -3.30. The van der Waals surface area contributed by atoms with Crippen molar-refractivity contribution in [3.63, 3.8) is 0 Å². The van der Waals surface area contributed by atoms with Gasteiger partial charge in [0.2, 0.25) is 5.91 Å². The lowest BCUT2D eigenvalue weighted by Gasteiger charge is -2.43. The van der Waals surface area contributed by atoms with E-state index >= 15 is 0 Å². The summed E-state index contributed by atoms with van der Waals surface area (Å²) >= 11 is 0. The Morgan fingerprint density at radius 1 is 0.939 bits per heavy atom. The first-order valence-electron chi connectivity index (χ1n) is 10.6. The standard InChI is InChI=1S/C23H23F4N3O3/c24-19-6-1-2-7-20(19)33-15-21(31)30-13-16(14-30)22(32)29-10-8-28(9-11-29)18-5-3-4-17(12-18)23(25,26)27/h1-7,12,16H,8-11,13-15H2. The molecular formula is C23H23F4N3O3. The van der Waals surface area contributed by atoms with Gasteiger partial charge in [0.15, 0.2) is 18.2 Å². The Bertz CT molecular complexity index is 1020. The van der Waals surface area contributed by atoms with Gasteiger partial charge in [0.05, 0.1) is 11.5 Å². The minimum atomic E-state index is -4.40. The van der Waals surface area contributed by atoms with Crippen LogP contribution in [0.3, 0.4) is 0 Å². The fraction of sp³-hybridized carbons (Fsp3) is 0.391. The predicted molar refractivity (Wildman–Crippen MR) is 112 cm³/mol. The molecule has 0 aliphatic carbocycles. The monoisotopic (exact) mass is 465 g/mol. The van der Waals surface area contributed by atoms with E-state index in [9.17, 15) is 27.2 Å². The number of ether oxygens (including phenoxy) is 1. The van der Waals surface area contributed by atoms with Crippen molar-refractivity contribution >= 4 is 17.5 Å². The second-order valence-electron chi connectivity index (χ2n) is 8.08. The highest BCUT2D eigenvalue weighted by Crippen LogP contribution is 2.32. The van der Waals surface area contributed by atoms with E-state index in [0.717, 1.165) is 12.1 Å². The first-order chi connectivity index (χ1) is 15.7. The van der Waals surface area contributed by atoms with Crippen LogP contribution in [0.2, 0.25) is 0 Å². The van der Waals surface area contributed by atoms with E-state index in [2.05, 4.69) is 0 Å². The molecule has 2 aliphatic rings. The molecule has 0 bridgehead atoms. The van der Waals surface area contributed by atoms with Crippen molar-refractivity contribution in [2.75, 3.05) is 50.8 Å². The Balaban J connectivity index is 1.23. The summed E-state index contributed by atoms with van der Waals surface area (Å²) in [5, 5.41) is 0. The summed E-state index contributed by atoms with van der Waals surface area (Å²) in [6, 6.07) is 11.0. The number of nitrogens with zero attached hydrogens (tertiary/aromatic N) is 3. The summed E-state index contributed by atoms with van der Waals surface area (Å²) < 4.78 is 57.6. The molecule has 176 valence electrons. The van der Waals surface area contributed by atoms with Crippen LogP contribution in [0.1, 0.15) is 5.56 Å². The van der Waals surface area contributed by atoms with Crippen LogP contribution in [-0.2, 0) is 15.8 Å². The summed E-state index contributed by atoms with van der Waals surface area (Å²) in [6.45, 7) is 1.89. The van der Waals surface area contributed by atoms with Gasteiger partial charge in [-0.1, -0.05) is 18.2 Å². The number of piperazine rings is 1. The molecule has 0 saturated carbocycles. The smallest absolute Gasteiger partial charge is 0.416 e. The highest BCUT2D eigenvalue weighted by atomic mass is 19.4. The summed E-state index contributed by atoms with van der Waals surface area (Å²) in [5.74, 6) is -1.26. The molecule has 2 amide bonds. The maximum absolute atomic E-state index is 13.6. The van der Waals surface area contributed by atoms with E-state index in [4.69, 9.17) is 4.74 Å². The number of hydrogen-bond donors (Lipinski definition) is 0. The molecule has 2 saturated heterocycles. The number of halogens is 4. The summed E-state index contributed by atoms with van der Waals surface area (Å²) in [4.78, 5) is 30.0. The van der Waals surface area contributed by atoms with Gasteiger partial charge in [-0.2, -0.15) is 13.2 Å². The number of likely N-dealkylation sites (tertiary alicyclic amines) is 1. The van der Waals surface area contributed by atoms with Crippen LogP contribution < -0.4 is 9.64 Å². The highest BCUT2D eigenvalue weighted by Gasteiger charge is 2.39. The zero-order valence-electron chi connectivity index (χ0n) is 17.7. The van der Waals surface area contributed by atoms with Gasteiger partial charge < -0.3 is 19.4 Å². The van der Waals surface area contributed by atoms with Gasteiger partial charge in [-0.15, -0.1) is 0 Å². The molecule has 2 aromatic rings. The van der Waals surface area contributed by atoms with E-state index in [1.165, 1.54) is 29.2 Å². The number of amides is 2. The molecule has 0 N–H and O–H groups in total. The quantitative estimate of drug-likeness (QED) is 0.638. The van der Waals surface area contributed by atoms with Crippen LogP contribution in [0.5, 0.6) is 5.75 Å². The fourth-order valence-electron chi connectivity index (χ4n) is 3.95. The molecule has 6 nitrogen and oxygen atoms in total. The van der Waals surface area contributed by atoms with E-state index in [1.807, 2.05) is 4.90 Å². The second-order valence-corrected chi connectivity index (χ2v) is 8.08. The Kier molecular flexibility index (Phi) is 6.44. The Morgan fingerprint density at radius 3 is 2.30 bits per heavy atom. The van der Waals surface area contributed by atoms with Crippen molar-refractivity contribution in [3.8, 4) is 5.75 Å². The molecule has 2 aliphatic heterocycles. The third-order valence-electron chi connectivity index (χ3n) is 5.90. The largest absolute Gasteiger partial charge is 0.481 e. The molecule has 4 rings (SSSR count). The highest BCUT2D eigenvalue weighted by molar-refractivity contribution is 5.85. The molecule has 0 radical (unpaired) electrons. The lowest BCUT2D eigenvalue weighted by Crippen LogP contribution is -2.59. The third kappa shape index (κ3) is 5.20. The van der Waals surface area contributed by atoms with Gasteiger partial charge in [-0.05, 0) is 30.3 Å². The number of para-hydroxylation sites is 1. The Morgan fingerprint density at radius 2 is 1.64 bits per heavy atom. The molecular weight excluding hydrogens is 442 g/mol. The maximum atomic E-state index is 13.6. The summed E-state index contributed by atoms with van der Waals surface area (Å²) in [6.07, 6.45) is -4.40. The minimum Gasteiger partial charge on any atom is -0.481 e. The first kappa shape index (κ1) is 22.9. The average molecular weight is 465 g/mol. The minimum absolute atomic E-state index is 0.00218. The van der Waals surface area contributed by atoms with Crippen molar-refractivity contribution in [2.45, 2.75) is 6.18 Å². The van der Waals surface area contributed by atoms with Crippen molar-refractivity contribution in [3.05, 3.63) is 59.9 Å². The van der Waals surface area contributed by atoms with Gasteiger partial charge >= 0.3 is 6.18 Å². The van der Waals surface area contributed by atoms with Crippen LogP contribution in [0.4, 0.5) is 23.2 Å². The molecule has 2 aromatic carbocycles. The molecule has 33 heavy (non-hydrogen) atoms. The van der Waals surface area contributed by atoms with Crippen LogP contribution in [0.25, 0.3) is 0 Å². The fourth-order valence-corrected chi connectivity index (χ4v) is 3.95. The predicted octanol–water partition coefficient (Wildman–Crippen LogP) is 3.03. The molecule has 0 unspecified atom stereocenters. The SMILES string of the molecule is O=C(COc1ccccc1F)N1CC(C(=O)N2CCN(c3cccc(C(F)(F)F)c3)CC2)C1. The Labute approximate surface area is 188 Å². The van der Waals surface area contributed by atoms with Crippen LogP contribution >= 0.6 is 0 Å². The van der Waals surface area contributed by atoms with Crippen LogP contribution in [0, 0.1) is 11.7 Å². The van der Waals surface area contributed by atoms with Gasteiger partial charge in [-0.3, -0.25) is 9.59 Å². The molecule has 0 aromatic heterocycles. The van der Waals surface area contributed by atoms with Crippen molar-refractivity contribution in [1.82, 2.24) is 9.80 Å². The zero-order valence-corrected chi connectivity index (χ0v) is 17.7. The molecule has 0 spiro atoms. The summed E-state index contributed by atoms with van der Waals surface area (Å²) in [7, 11) is 0. The summed E-state index contributed by atoms with van der Waals surface area (Å²) in [5.41, 5.74) is -0.219. The topological polar surface area (TPSA) is 53.1 Å². The van der Waals surface area contributed by atoms with E-state index in [-0.39, 0.29) is 43.2 Å². The maximum Gasteiger partial charge on any atom is 0.416 e. The number of carbonyl (C=O) groups is 2. The lowest BCUT2D eigenvalue weighted by atomic mass is 9.98. The number of rotatable bonds is 5. The first-order valence-corrected chi connectivity index (χ1v) is 10.6.